The van der Waals surface area contributed by atoms with Crippen LogP contribution in [0.3, 0.4) is 0 Å². The second-order valence-electron chi connectivity index (χ2n) is 4.87. The minimum atomic E-state index is -0.621. The monoisotopic (exact) mass is 350 g/mol. The molecule has 0 aliphatic heterocycles. The number of nitrogens with zero attached hydrogens (tertiary/aromatic N) is 5. The first-order valence-corrected chi connectivity index (χ1v) is 7.24. The lowest BCUT2D eigenvalue weighted by Crippen LogP contribution is -2.28. The lowest BCUT2D eigenvalue weighted by atomic mass is 10.2. The predicted octanol–water partition coefficient (Wildman–Crippen LogP) is 2.52. The Bertz CT molecular complexity index is 851. The number of rotatable bonds is 5. The van der Waals surface area contributed by atoms with E-state index >= 15 is 0 Å². The minimum absolute atomic E-state index is 0.0815. The summed E-state index contributed by atoms with van der Waals surface area (Å²) in [6, 6.07) is 3.58. The van der Waals surface area contributed by atoms with Gasteiger partial charge in [-0.3, -0.25) is 10.6 Å². The van der Waals surface area contributed by atoms with E-state index in [0.717, 1.165) is 6.07 Å². The summed E-state index contributed by atoms with van der Waals surface area (Å²) in [5.41, 5.74) is 0.606. The van der Waals surface area contributed by atoms with E-state index in [1.807, 2.05) is 4.57 Å². The van der Waals surface area contributed by atoms with Crippen LogP contribution in [0.5, 0.6) is 0 Å². The third-order valence-corrected chi connectivity index (χ3v) is 3.60. The molecule has 0 spiro atoms. The van der Waals surface area contributed by atoms with Crippen molar-refractivity contribution in [2.24, 2.45) is 0 Å². The van der Waals surface area contributed by atoms with Crippen molar-refractivity contribution in [2.45, 2.75) is 13.0 Å². The van der Waals surface area contributed by atoms with Crippen molar-refractivity contribution in [3.8, 4) is 0 Å². The van der Waals surface area contributed by atoms with Crippen molar-refractivity contribution < 1.29 is 14.2 Å². The number of aromatic nitrogens is 4. The largest absolute Gasteiger partial charge is 0.337 e. The number of hydrogen-bond acceptors (Lipinski definition) is 6. The zero-order chi connectivity index (χ0) is 17.1. The van der Waals surface area contributed by atoms with Gasteiger partial charge >= 0.3 is 0 Å². The minimum Gasteiger partial charge on any atom is -0.337 e. The Balaban J connectivity index is 1.77. The van der Waals surface area contributed by atoms with Gasteiger partial charge < -0.3 is 4.57 Å². The van der Waals surface area contributed by atoms with Gasteiger partial charge in [-0.25, -0.2) is 19.1 Å². The summed E-state index contributed by atoms with van der Waals surface area (Å²) < 4.78 is 19.7. The molecule has 0 radical (unpaired) electrons. The zero-order valence-electron chi connectivity index (χ0n) is 12.2. The maximum atomic E-state index is 13.2. The van der Waals surface area contributed by atoms with Gasteiger partial charge in [0.2, 0.25) is 0 Å². The van der Waals surface area contributed by atoms with E-state index < -0.39 is 5.82 Å². The van der Waals surface area contributed by atoms with Crippen molar-refractivity contribution in [2.75, 3.05) is 5.06 Å². The van der Waals surface area contributed by atoms with E-state index in [9.17, 15) is 9.60 Å². The van der Waals surface area contributed by atoms with Crippen molar-refractivity contribution in [1.29, 1.82) is 5.41 Å². The van der Waals surface area contributed by atoms with Crippen LogP contribution in [0, 0.1) is 11.2 Å². The first kappa shape index (κ1) is 16.1. The Morgan fingerprint density at radius 3 is 2.96 bits per heavy atom. The molecule has 0 amide bonds. The van der Waals surface area contributed by atoms with E-state index in [1.165, 1.54) is 12.1 Å². The number of hydroxylamine groups is 1. The number of anilines is 1. The van der Waals surface area contributed by atoms with Crippen molar-refractivity contribution >= 4 is 23.1 Å². The van der Waals surface area contributed by atoms with Gasteiger partial charge in [-0.1, -0.05) is 16.8 Å². The molecule has 0 fully saturated rings. The van der Waals surface area contributed by atoms with E-state index in [2.05, 4.69) is 19.9 Å². The summed E-state index contributed by atoms with van der Waals surface area (Å²) in [6.45, 7) is 0.558. The molecule has 0 unspecified atom stereocenters. The van der Waals surface area contributed by atoms with Crippen LogP contribution < -0.4 is 5.06 Å². The van der Waals surface area contributed by atoms with E-state index in [0.29, 0.717) is 23.7 Å². The van der Waals surface area contributed by atoms with Crippen LogP contribution in [0.4, 0.5) is 10.1 Å². The quantitative estimate of drug-likeness (QED) is 0.416. The van der Waals surface area contributed by atoms with Gasteiger partial charge in [-0.05, 0) is 23.4 Å². The Morgan fingerprint density at radius 2 is 2.25 bits per heavy atom. The molecule has 0 saturated heterocycles. The average molecular weight is 351 g/mol. The summed E-state index contributed by atoms with van der Waals surface area (Å²) in [4.78, 5) is 3.93. The summed E-state index contributed by atoms with van der Waals surface area (Å²) in [5, 5.41) is 26.0. The standard InChI is InChI=1S/C14H12ClFN6O2/c15-10-7-9(1-2-11(10)16)22(23)14(17)13-12(19-24-20-13)3-5-21-6-4-18-8-21/h1-2,4,6-8,17,23H,3,5H2. The number of nitrogens with one attached hydrogen (secondary N) is 1. The molecule has 24 heavy (non-hydrogen) atoms. The summed E-state index contributed by atoms with van der Waals surface area (Å²) in [7, 11) is 0. The molecule has 2 N–H and O–H groups in total. The molecule has 0 aliphatic rings. The van der Waals surface area contributed by atoms with Gasteiger partial charge in [-0.2, -0.15) is 0 Å². The molecule has 0 aliphatic carbocycles. The highest BCUT2D eigenvalue weighted by molar-refractivity contribution is 6.31. The molecule has 0 saturated carbocycles. The van der Waals surface area contributed by atoms with Gasteiger partial charge in [-0.15, -0.1) is 0 Å². The first-order valence-electron chi connectivity index (χ1n) is 6.86. The second-order valence-corrected chi connectivity index (χ2v) is 5.28. The Labute approximate surface area is 140 Å². The number of hydrogen-bond donors (Lipinski definition) is 2. The molecule has 124 valence electrons. The number of imidazole rings is 1. The van der Waals surface area contributed by atoms with Crippen LogP contribution in [0.1, 0.15) is 11.4 Å². The number of benzene rings is 1. The van der Waals surface area contributed by atoms with Gasteiger partial charge in [0.25, 0.3) is 0 Å². The highest BCUT2D eigenvalue weighted by atomic mass is 35.5. The van der Waals surface area contributed by atoms with Crippen LogP contribution in [-0.2, 0) is 13.0 Å². The highest BCUT2D eigenvalue weighted by Gasteiger charge is 2.21. The van der Waals surface area contributed by atoms with Crippen molar-refractivity contribution in [3.63, 3.8) is 0 Å². The number of aryl methyl sites for hydroxylation is 2. The normalized spacial score (nSPS) is 10.8. The molecule has 1 aromatic carbocycles. The SMILES string of the molecule is N=C(c1nonc1CCn1ccnc1)N(O)c1ccc(F)c(Cl)c1. The molecule has 3 aromatic rings. The molecule has 10 heteroatoms. The lowest BCUT2D eigenvalue weighted by molar-refractivity contribution is 0.297. The summed E-state index contributed by atoms with van der Waals surface area (Å²) in [6.07, 6.45) is 5.52. The lowest BCUT2D eigenvalue weighted by Gasteiger charge is -2.16. The van der Waals surface area contributed by atoms with Crippen molar-refractivity contribution in [3.05, 3.63) is 59.1 Å². The van der Waals surface area contributed by atoms with E-state index in [-0.39, 0.29) is 22.2 Å². The topological polar surface area (TPSA) is 104 Å². The molecule has 0 atom stereocenters. The van der Waals surface area contributed by atoms with Crippen LogP contribution in [-0.4, -0.2) is 30.9 Å². The zero-order valence-corrected chi connectivity index (χ0v) is 13.0. The number of amidine groups is 1. The summed E-state index contributed by atoms with van der Waals surface area (Å²) >= 11 is 5.69. The number of halogens is 2. The molecular formula is C14H12ClFN6O2. The van der Waals surface area contributed by atoms with Gasteiger partial charge in [0.1, 0.15) is 11.5 Å². The van der Waals surface area contributed by atoms with Gasteiger partial charge in [0.05, 0.1) is 17.0 Å². The maximum absolute atomic E-state index is 13.2. The molecule has 8 nitrogen and oxygen atoms in total. The molecule has 3 rings (SSSR count). The third-order valence-electron chi connectivity index (χ3n) is 3.31. The Hall–Kier alpha value is -2.78. The molecule has 2 heterocycles. The molecular weight excluding hydrogens is 339 g/mol. The smallest absolute Gasteiger partial charge is 0.181 e. The molecule has 0 bridgehead atoms. The summed E-state index contributed by atoms with van der Waals surface area (Å²) in [5.74, 6) is -0.982. The van der Waals surface area contributed by atoms with Gasteiger partial charge in [0, 0.05) is 25.4 Å². The van der Waals surface area contributed by atoms with Gasteiger partial charge in [0.15, 0.2) is 11.5 Å². The Morgan fingerprint density at radius 1 is 1.42 bits per heavy atom. The highest BCUT2D eigenvalue weighted by Crippen LogP contribution is 2.23. The second kappa shape index (κ2) is 6.77. The fourth-order valence-electron chi connectivity index (χ4n) is 2.05. The Kier molecular flexibility index (Phi) is 4.54. The van der Waals surface area contributed by atoms with Crippen LogP contribution in [0.2, 0.25) is 5.02 Å². The van der Waals surface area contributed by atoms with E-state index in [1.54, 1.807) is 18.7 Å². The van der Waals surface area contributed by atoms with Crippen LogP contribution >= 0.6 is 11.6 Å². The van der Waals surface area contributed by atoms with E-state index in [4.69, 9.17) is 17.0 Å². The first-order chi connectivity index (χ1) is 11.6. The third kappa shape index (κ3) is 3.26. The predicted molar refractivity (Wildman–Crippen MR) is 82.7 cm³/mol. The van der Waals surface area contributed by atoms with Crippen LogP contribution in [0.15, 0.2) is 41.5 Å². The maximum Gasteiger partial charge on any atom is 0.181 e. The fraction of sp³-hybridized carbons (Fsp3) is 0.143. The molecule has 2 aromatic heterocycles. The van der Waals surface area contributed by atoms with Crippen molar-refractivity contribution in [1.82, 2.24) is 19.9 Å². The fourth-order valence-corrected chi connectivity index (χ4v) is 2.23. The average Bonchev–Trinajstić information content (AvgIpc) is 3.25. The van der Waals surface area contributed by atoms with Crippen LogP contribution in [0.25, 0.3) is 0 Å².